The van der Waals surface area contributed by atoms with E-state index in [0.717, 1.165) is 37.9 Å². The van der Waals surface area contributed by atoms with E-state index in [1.807, 2.05) is 13.0 Å². The molecular weight excluding hydrogens is 457 g/mol. The van der Waals surface area contributed by atoms with E-state index in [0.29, 0.717) is 33.8 Å². The number of hydrogen-bond acceptors (Lipinski definition) is 6. The van der Waals surface area contributed by atoms with Crippen molar-refractivity contribution in [3.63, 3.8) is 0 Å². The van der Waals surface area contributed by atoms with Gasteiger partial charge in [0.05, 0.1) is 23.3 Å². The Labute approximate surface area is 202 Å². The number of fused-ring (bicyclic) bond motifs is 1. The minimum absolute atomic E-state index is 0.00517. The van der Waals surface area contributed by atoms with Gasteiger partial charge in [-0.05, 0) is 69.5 Å². The summed E-state index contributed by atoms with van der Waals surface area (Å²) in [6.45, 7) is 3.77. The van der Waals surface area contributed by atoms with Crippen LogP contribution in [0.2, 0.25) is 5.02 Å². The number of nitrogens with zero attached hydrogens (tertiary/aromatic N) is 2. The molecule has 0 aliphatic carbocycles. The second kappa shape index (κ2) is 10.8. The van der Waals surface area contributed by atoms with Crippen LogP contribution in [0.1, 0.15) is 26.2 Å². The maximum absolute atomic E-state index is 13.6. The number of amides is 1. The van der Waals surface area contributed by atoms with Gasteiger partial charge in [-0.3, -0.25) is 4.79 Å². The Kier molecular flexibility index (Phi) is 7.59. The van der Waals surface area contributed by atoms with Gasteiger partial charge >= 0.3 is 0 Å². The number of allylic oxidation sites excluding steroid dienone is 1. The van der Waals surface area contributed by atoms with Crippen molar-refractivity contribution in [3.05, 3.63) is 59.1 Å². The first-order valence-electron chi connectivity index (χ1n) is 11.2. The molecule has 4 rings (SSSR count). The zero-order valence-electron chi connectivity index (χ0n) is 19.1. The molecule has 0 spiro atoms. The highest BCUT2D eigenvalue weighted by Crippen LogP contribution is 2.34. The van der Waals surface area contributed by atoms with Gasteiger partial charge in [-0.15, -0.1) is 0 Å². The standard InChI is InChI=1S/C25H27ClFN5O2/c1-3-17(15-5-4-9-28-10-8-15)25(33)32-22-12-18-21(13-23(22)34-2)29-14-30-24(18)31-16-6-7-20(27)19(26)11-16/h3,6-7,11-15,28H,4-5,8-10H2,1-2H3,(H,32,33)(H,29,30,31). The average Bonchev–Trinajstić information content (AvgIpc) is 3.11. The second-order valence-corrected chi connectivity index (χ2v) is 8.53. The predicted molar refractivity (Wildman–Crippen MR) is 133 cm³/mol. The highest BCUT2D eigenvalue weighted by molar-refractivity contribution is 6.31. The number of benzene rings is 2. The van der Waals surface area contributed by atoms with Crippen LogP contribution in [0, 0.1) is 11.7 Å². The van der Waals surface area contributed by atoms with Crippen molar-refractivity contribution in [1.29, 1.82) is 0 Å². The van der Waals surface area contributed by atoms with Crippen molar-refractivity contribution >= 4 is 45.6 Å². The Bertz CT molecular complexity index is 1230. The van der Waals surface area contributed by atoms with Gasteiger partial charge in [0.2, 0.25) is 0 Å². The lowest BCUT2D eigenvalue weighted by molar-refractivity contribution is -0.113. The van der Waals surface area contributed by atoms with Gasteiger partial charge < -0.3 is 20.7 Å². The maximum Gasteiger partial charge on any atom is 0.251 e. The molecule has 1 fully saturated rings. The summed E-state index contributed by atoms with van der Waals surface area (Å²) in [7, 11) is 1.55. The molecule has 178 valence electrons. The fraction of sp³-hybridized carbons (Fsp3) is 0.320. The third kappa shape index (κ3) is 5.29. The van der Waals surface area contributed by atoms with E-state index in [1.54, 1.807) is 25.3 Å². The molecule has 1 aliphatic rings. The molecule has 7 nitrogen and oxygen atoms in total. The summed E-state index contributed by atoms with van der Waals surface area (Å²) in [6, 6.07) is 7.87. The van der Waals surface area contributed by atoms with Crippen molar-refractivity contribution < 1.29 is 13.9 Å². The summed E-state index contributed by atoms with van der Waals surface area (Å²) in [4.78, 5) is 21.9. The number of hydrogen-bond donors (Lipinski definition) is 3. The minimum atomic E-state index is -0.501. The molecule has 9 heteroatoms. The molecule has 0 bridgehead atoms. The molecule has 3 N–H and O–H groups in total. The second-order valence-electron chi connectivity index (χ2n) is 8.12. The number of nitrogens with one attached hydrogen (secondary N) is 3. The van der Waals surface area contributed by atoms with Crippen LogP contribution in [-0.2, 0) is 4.79 Å². The Hall–Kier alpha value is -3.23. The Morgan fingerprint density at radius 3 is 2.85 bits per heavy atom. The number of rotatable bonds is 6. The predicted octanol–water partition coefficient (Wildman–Crippen LogP) is 5.45. The van der Waals surface area contributed by atoms with Crippen LogP contribution in [0.3, 0.4) is 0 Å². The molecule has 1 amide bonds. The summed E-state index contributed by atoms with van der Waals surface area (Å²) in [5.74, 6) is 0.540. The van der Waals surface area contributed by atoms with E-state index in [2.05, 4.69) is 25.9 Å². The molecule has 1 aliphatic heterocycles. The third-order valence-electron chi connectivity index (χ3n) is 5.98. The molecular formula is C25H27ClFN5O2. The van der Waals surface area contributed by atoms with Gasteiger partial charge in [-0.2, -0.15) is 0 Å². The van der Waals surface area contributed by atoms with Gasteiger partial charge in [0.15, 0.2) is 0 Å². The van der Waals surface area contributed by atoms with Crippen LogP contribution < -0.4 is 20.7 Å². The molecule has 0 radical (unpaired) electrons. The van der Waals surface area contributed by atoms with Gasteiger partial charge in [0.1, 0.15) is 23.7 Å². The van der Waals surface area contributed by atoms with E-state index < -0.39 is 5.82 Å². The van der Waals surface area contributed by atoms with Crippen molar-refractivity contribution in [2.24, 2.45) is 5.92 Å². The van der Waals surface area contributed by atoms with Crippen molar-refractivity contribution in [1.82, 2.24) is 15.3 Å². The normalized spacial score (nSPS) is 16.7. The van der Waals surface area contributed by atoms with Crippen molar-refractivity contribution in [3.8, 4) is 5.75 Å². The van der Waals surface area contributed by atoms with E-state index in [-0.39, 0.29) is 16.8 Å². The maximum atomic E-state index is 13.6. The van der Waals surface area contributed by atoms with Crippen LogP contribution in [0.25, 0.3) is 10.9 Å². The highest BCUT2D eigenvalue weighted by atomic mass is 35.5. The number of halogens is 2. The van der Waals surface area contributed by atoms with E-state index >= 15 is 0 Å². The average molecular weight is 484 g/mol. The molecule has 1 unspecified atom stereocenters. The molecule has 34 heavy (non-hydrogen) atoms. The molecule has 1 atom stereocenters. The molecule has 0 saturated carbocycles. The van der Waals surface area contributed by atoms with Crippen LogP contribution in [-0.4, -0.2) is 36.1 Å². The molecule has 3 aromatic rings. The molecule has 2 aromatic carbocycles. The lowest BCUT2D eigenvalue weighted by Gasteiger charge is -2.19. The van der Waals surface area contributed by atoms with E-state index in [4.69, 9.17) is 16.3 Å². The first-order chi connectivity index (χ1) is 16.5. The summed E-state index contributed by atoms with van der Waals surface area (Å²) in [5.41, 5.74) is 2.49. The number of anilines is 3. The summed E-state index contributed by atoms with van der Waals surface area (Å²) in [5, 5.41) is 10.2. The lowest BCUT2D eigenvalue weighted by atomic mass is 9.91. The Morgan fingerprint density at radius 2 is 2.09 bits per heavy atom. The minimum Gasteiger partial charge on any atom is -0.494 e. The summed E-state index contributed by atoms with van der Waals surface area (Å²) < 4.78 is 19.1. The van der Waals surface area contributed by atoms with Crippen LogP contribution in [0.5, 0.6) is 5.75 Å². The summed E-state index contributed by atoms with van der Waals surface area (Å²) in [6.07, 6.45) is 6.24. The van der Waals surface area contributed by atoms with E-state index in [1.165, 1.54) is 18.5 Å². The quantitative estimate of drug-likeness (QED) is 0.404. The Morgan fingerprint density at radius 1 is 1.24 bits per heavy atom. The SMILES string of the molecule is CC=C(C(=O)Nc1cc2c(Nc3ccc(F)c(Cl)c3)ncnc2cc1OC)C1CCCNCC1. The highest BCUT2D eigenvalue weighted by Gasteiger charge is 2.23. The van der Waals surface area contributed by atoms with Crippen molar-refractivity contribution in [2.45, 2.75) is 26.2 Å². The third-order valence-corrected chi connectivity index (χ3v) is 6.27. The fourth-order valence-corrected chi connectivity index (χ4v) is 4.42. The number of methoxy groups -OCH3 is 1. The van der Waals surface area contributed by atoms with Gasteiger partial charge in [0.25, 0.3) is 5.91 Å². The molecule has 1 aromatic heterocycles. The topological polar surface area (TPSA) is 88.2 Å². The molecule has 2 heterocycles. The van der Waals surface area contributed by atoms with Gasteiger partial charge in [-0.25, -0.2) is 14.4 Å². The molecule has 1 saturated heterocycles. The largest absolute Gasteiger partial charge is 0.494 e. The smallest absolute Gasteiger partial charge is 0.251 e. The zero-order chi connectivity index (χ0) is 24.1. The van der Waals surface area contributed by atoms with Crippen molar-refractivity contribution in [2.75, 3.05) is 30.8 Å². The van der Waals surface area contributed by atoms with E-state index in [9.17, 15) is 9.18 Å². The first kappa shape index (κ1) is 23.9. The monoisotopic (exact) mass is 483 g/mol. The zero-order valence-corrected chi connectivity index (χ0v) is 19.9. The van der Waals surface area contributed by atoms with Crippen LogP contribution in [0.4, 0.5) is 21.6 Å². The van der Waals surface area contributed by atoms with Crippen LogP contribution >= 0.6 is 11.6 Å². The lowest BCUT2D eigenvalue weighted by Crippen LogP contribution is -2.22. The first-order valence-corrected chi connectivity index (χ1v) is 11.6. The number of carbonyl (C=O) groups excluding carboxylic acids is 1. The van der Waals surface area contributed by atoms with Gasteiger partial charge in [0, 0.05) is 22.7 Å². The summed E-state index contributed by atoms with van der Waals surface area (Å²) >= 11 is 5.92. The number of ether oxygens (including phenoxy) is 1. The van der Waals surface area contributed by atoms with Crippen LogP contribution in [0.15, 0.2) is 48.3 Å². The van der Waals surface area contributed by atoms with Gasteiger partial charge in [-0.1, -0.05) is 17.7 Å². The number of aromatic nitrogens is 2. The number of carbonyl (C=O) groups is 1. The fourth-order valence-electron chi connectivity index (χ4n) is 4.24. The Balaban J connectivity index is 1.65.